The van der Waals surface area contributed by atoms with E-state index in [1.165, 1.54) is 6.07 Å². The van der Waals surface area contributed by atoms with Gasteiger partial charge in [-0.3, -0.25) is 0 Å². The van der Waals surface area contributed by atoms with Gasteiger partial charge in [-0.2, -0.15) is 13.2 Å². The summed E-state index contributed by atoms with van der Waals surface area (Å²) in [5.74, 6) is 0. The number of hydrogen-bond donors (Lipinski definition) is 1. The Balaban J connectivity index is 3.28. The van der Waals surface area contributed by atoms with Crippen LogP contribution in [0.2, 0.25) is 0 Å². The SMILES string of the molecule is FC(F)(F)c1c[nH]c(=S)cc1I. The van der Waals surface area contributed by atoms with Crippen LogP contribution >= 0.6 is 34.8 Å². The maximum Gasteiger partial charge on any atom is 0.418 e. The van der Waals surface area contributed by atoms with Crippen LogP contribution in [0.3, 0.4) is 0 Å². The monoisotopic (exact) mass is 305 g/mol. The summed E-state index contributed by atoms with van der Waals surface area (Å²) in [5, 5.41) is 0. The number of H-pyrrole nitrogens is 1. The predicted octanol–water partition coefficient (Wildman–Crippen LogP) is 3.37. The molecule has 0 aliphatic carbocycles. The van der Waals surface area contributed by atoms with E-state index in [1.807, 2.05) is 0 Å². The average Bonchev–Trinajstić information content (AvgIpc) is 1.83. The molecule has 6 heteroatoms. The smallest absolute Gasteiger partial charge is 0.352 e. The van der Waals surface area contributed by atoms with Crippen molar-refractivity contribution in [3.05, 3.63) is 26.0 Å². The van der Waals surface area contributed by atoms with Gasteiger partial charge in [0.1, 0.15) is 4.64 Å². The third-order valence-corrected chi connectivity index (χ3v) is 2.31. The van der Waals surface area contributed by atoms with Crippen LogP contribution in [-0.4, -0.2) is 4.98 Å². The second-order valence-corrected chi connectivity index (χ2v) is 3.66. The fraction of sp³-hybridized carbons (Fsp3) is 0.167. The lowest BCUT2D eigenvalue weighted by molar-refractivity contribution is -0.138. The van der Waals surface area contributed by atoms with Crippen molar-refractivity contribution in [1.29, 1.82) is 0 Å². The zero-order valence-corrected chi connectivity index (χ0v) is 8.55. The lowest BCUT2D eigenvalue weighted by Crippen LogP contribution is -2.07. The molecular formula is C6H3F3INS. The number of nitrogens with one attached hydrogen (secondary N) is 1. The summed E-state index contributed by atoms with van der Waals surface area (Å²) in [7, 11) is 0. The third kappa shape index (κ3) is 2.19. The fourth-order valence-corrected chi connectivity index (χ4v) is 1.82. The van der Waals surface area contributed by atoms with Crippen LogP contribution in [-0.2, 0) is 6.18 Å². The molecular weight excluding hydrogens is 302 g/mol. The number of rotatable bonds is 0. The number of halogens is 4. The zero-order chi connectivity index (χ0) is 9.35. The highest BCUT2D eigenvalue weighted by Crippen LogP contribution is 2.31. The molecule has 0 atom stereocenters. The van der Waals surface area contributed by atoms with Crippen LogP contribution in [0.25, 0.3) is 0 Å². The van der Waals surface area contributed by atoms with E-state index in [4.69, 9.17) is 0 Å². The summed E-state index contributed by atoms with van der Waals surface area (Å²) in [4.78, 5) is 2.34. The molecule has 1 nitrogen and oxygen atoms in total. The molecule has 0 bridgehead atoms. The van der Waals surface area contributed by atoms with Gasteiger partial charge in [0.25, 0.3) is 0 Å². The molecule has 0 aromatic carbocycles. The molecule has 0 saturated heterocycles. The van der Waals surface area contributed by atoms with Gasteiger partial charge in [-0.25, -0.2) is 0 Å². The van der Waals surface area contributed by atoms with E-state index >= 15 is 0 Å². The highest BCUT2D eigenvalue weighted by Gasteiger charge is 2.32. The van der Waals surface area contributed by atoms with Gasteiger partial charge in [0.05, 0.1) is 5.56 Å². The Kier molecular flexibility index (Phi) is 2.77. The average molecular weight is 305 g/mol. The molecule has 66 valence electrons. The second kappa shape index (κ2) is 3.33. The van der Waals surface area contributed by atoms with Crippen LogP contribution < -0.4 is 0 Å². The van der Waals surface area contributed by atoms with E-state index in [2.05, 4.69) is 17.2 Å². The largest absolute Gasteiger partial charge is 0.418 e. The summed E-state index contributed by atoms with van der Waals surface area (Å²) in [6.45, 7) is 0. The van der Waals surface area contributed by atoms with E-state index in [1.54, 1.807) is 22.6 Å². The predicted molar refractivity (Wildman–Crippen MR) is 49.3 cm³/mol. The lowest BCUT2D eigenvalue weighted by Gasteiger charge is -2.07. The van der Waals surface area contributed by atoms with Crippen molar-refractivity contribution in [2.45, 2.75) is 6.18 Å². The Morgan fingerprint density at radius 2 is 2.00 bits per heavy atom. The molecule has 1 heterocycles. The fourth-order valence-electron chi connectivity index (χ4n) is 0.664. The maximum absolute atomic E-state index is 12.1. The number of hydrogen-bond acceptors (Lipinski definition) is 1. The number of aromatic amines is 1. The summed E-state index contributed by atoms with van der Waals surface area (Å²) in [6.07, 6.45) is -3.43. The highest BCUT2D eigenvalue weighted by atomic mass is 127. The standard InChI is InChI=1S/C6H3F3INS/c7-6(8,9)3-2-11-5(12)1-4(3)10/h1-2H,(H,11,12). The van der Waals surface area contributed by atoms with Gasteiger partial charge >= 0.3 is 6.18 Å². The molecule has 0 saturated carbocycles. The minimum Gasteiger partial charge on any atom is -0.352 e. The molecule has 1 N–H and O–H groups in total. The number of pyridine rings is 1. The van der Waals surface area contributed by atoms with Gasteiger partial charge in [0.2, 0.25) is 0 Å². The van der Waals surface area contributed by atoms with Gasteiger partial charge in [-0.1, -0.05) is 12.2 Å². The van der Waals surface area contributed by atoms with Crippen molar-refractivity contribution in [3.63, 3.8) is 0 Å². The van der Waals surface area contributed by atoms with E-state index in [0.717, 1.165) is 6.20 Å². The summed E-state index contributed by atoms with van der Waals surface area (Å²) < 4.78 is 36.8. The van der Waals surface area contributed by atoms with E-state index in [-0.39, 0.29) is 3.57 Å². The van der Waals surface area contributed by atoms with Crippen molar-refractivity contribution in [1.82, 2.24) is 4.98 Å². The molecule has 0 spiro atoms. The van der Waals surface area contributed by atoms with Gasteiger partial charge in [0.15, 0.2) is 0 Å². The molecule has 0 fully saturated rings. The first-order valence-electron chi connectivity index (χ1n) is 2.86. The maximum atomic E-state index is 12.1. The van der Waals surface area contributed by atoms with Gasteiger partial charge in [0, 0.05) is 9.77 Å². The van der Waals surface area contributed by atoms with Crippen molar-refractivity contribution in [3.8, 4) is 0 Å². The van der Waals surface area contributed by atoms with Crippen LogP contribution in [0, 0.1) is 8.21 Å². The minimum atomic E-state index is -4.31. The summed E-state index contributed by atoms with van der Waals surface area (Å²) >= 11 is 6.26. The van der Waals surface area contributed by atoms with Crippen molar-refractivity contribution in [2.24, 2.45) is 0 Å². The highest BCUT2D eigenvalue weighted by molar-refractivity contribution is 14.1. The number of alkyl halides is 3. The van der Waals surface area contributed by atoms with E-state index in [0.29, 0.717) is 4.64 Å². The molecule has 0 aliphatic heterocycles. The first-order valence-corrected chi connectivity index (χ1v) is 4.35. The Morgan fingerprint density at radius 1 is 1.42 bits per heavy atom. The number of aromatic nitrogens is 1. The Hall–Kier alpha value is -0.110. The van der Waals surface area contributed by atoms with Crippen molar-refractivity contribution < 1.29 is 13.2 Å². The summed E-state index contributed by atoms with van der Waals surface area (Å²) in [6, 6.07) is 1.28. The molecule has 0 unspecified atom stereocenters. The Morgan fingerprint density at radius 3 is 2.42 bits per heavy atom. The van der Waals surface area contributed by atoms with Crippen LogP contribution in [0.15, 0.2) is 12.3 Å². The Bertz CT molecular complexity index is 343. The van der Waals surface area contributed by atoms with Crippen LogP contribution in [0.5, 0.6) is 0 Å². The van der Waals surface area contributed by atoms with Crippen LogP contribution in [0.4, 0.5) is 13.2 Å². The quantitative estimate of drug-likeness (QED) is 0.574. The lowest BCUT2D eigenvalue weighted by atomic mass is 10.3. The van der Waals surface area contributed by atoms with Crippen molar-refractivity contribution >= 4 is 34.8 Å². The Labute approximate surface area is 85.1 Å². The minimum absolute atomic E-state index is 0.115. The molecule has 12 heavy (non-hydrogen) atoms. The van der Waals surface area contributed by atoms with E-state index in [9.17, 15) is 13.2 Å². The summed E-state index contributed by atoms with van der Waals surface area (Å²) in [5.41, 5.74) is -0.684. The van der Waals surface area contributed by atoms with E-state index < -0.39 is 11.7 Å². The zero-order valence-electron chi connectivity index (χ0n) is 5.57. The molecule has 1 aromatic rings. The molecule has 0 amide bonds. The van der Waals surface area contributed by atoms with Crippen LogP contribution in [0.1, 0.15) is 5.56 Å². The first-order chi connectivity index (χ1) is 5.41. The molecule has 1 rings (SSSR count). The van der Waals surface area contributed by atoms with Crippen molar-refractivity contribution in [2.75, 3.05) is 0 Å². The normalized spacial score (nSPS) is 11.7. The van der Waals surface area contributed by atoms with Gasteiger partial charge in [-0.05, 0) is 28.7 Å². The second-order valence-electron chi connectivity index (χ2n) is 2.06. The first kappa shape index (κ1) is 9.97. The van der Waals surface area contributed by atoms with Gasteiger partial charge in [-0.15, -0.1) is 0 Å². The molecule has 0 aliphatic rings. The topological polar surface area (TPSA) is 15.8 Å². The third-order valence-electron chi connectivity index (χ3n) is 1.18. The van der Waals surface area contributed by atoms with Gasteiger partial charge < -0.3 is 4.98 Å². The molecule has 1 aromatic heterocycles. The molecule has 0 radical (unpaired) electrons.